The molecule has 0 radical (unpaired) electrons. The summed E-state index contributed by atoms with van der Waals surface area (Å²) in [6.07, 6.45) is 4.53. The van der Waals surface area contributed by atoms with Crippen molar-refractivity contribution in [1.82, 2.24) is 5.01 Å². The minimum absolute atomic E-state index is 0.239. The molecule has 0 fully saturated rings. The van der Waals surface area contributed by atoms with Gasteiger partial charge in [0.2, 0.25) is 0 Å². The molecule has 0 N–H and O–H groups in total. The number of nitrogens with zero attached hydrogens (tertiary/aromatic N) is 3. The van der Waals surface area contributed by atoms with Gasteiger partial charge in [0.05, 0.1) is 5.71 Å². The molecule has 0 saturated carbocycles. The van der Waals surface area contributed by atoms with Crippen LogP contribution in [0.25, 0.3) is 0 Å². The van der Waals surface area contributed by atoms with E-state index in [0.29, 0.717) is 35.1 Å². The number of rotatable bonds is 2. The molecule has 3 nitrogen and oxygen atoms in total. The number of benzene rings is 1. The first-order valence-corrected chi connectivity index (χ1v) is 8.21. The van der Waals surface area contributed by atoms with E-state index in [4.69, 9.17) is 11.6 Å². The molecular weight excluding hydrogens is 369 g/mol. The largest absolute Gasteiger partial charge is 0.232 e. The van der Waals surface area contributed by atoms with E-state index in [2.05, 4.69) is 26.0 Å². The lowest BCUT2D eigenvalue weighted by molar-refractivity contribution is 0.466. The van der Waals surface area contributed by atoms with Gasteiger partial charge < -0.3 is 0 Å². The smallest absolute Gasteiger partial charge is 0.165 e. The molecule has 2 aliphatic heterocycles. The van der Waals surface area contributed by atoms with Crippen molar-refractivity contribution in [3.05, 3.63) is 57.2 Å². The van der Waals surface area contributed by atoms with Crippen molar-refractivity contribution in [3.8, 4) is 0 Å². The number of aliphatic imine (C=N–C) groups is 1. The average Bonchev–Trinajstić information content (AvgIpc) is 2.53. The van der Waals surface area contributed by atoms with E-state index in [1.807, 2.05) is 13.8 Å². The predicted molar refractivity (Wildman–Crippen MR) is 93.7 cm³/mol. The van der Waals surface area contributed by atoms with Crippen molar-refractivity contribution >= 4 is 39.5 Å². The first-order valence-electron chi connectivity index (χ1n) is 7.04. The summed E-state index contributed by atoms with van der Waals surface area (Å²) in [6.45, 7) is 4.00. The normalized spacial score (nSPS) is 16.5. The number of hydrazone groups is 1. The van der Waals surface area contributed by atoms with Crippen molar-refractivity contribution in [2.24, 2.45) is 10.1 Å². The van der Waals surface area contributed by atoms with Gasteiger partial charge in [0.25, 0.3) is 0 Å². The van der Waals surface area contributed by atoms with E-state index in [9.17, 15) is 4.39 Å². The maximum Gasteiger partial charge on any atom is 0.165 e. The Labute approximate surface area is 143 Å². The lowest BCUT2D eigenvalue weighted by Crippen LogP contribution is -2.23. The molecule has 0 spiro atoms. The van der Waals surface area contributed by atoms with E-state index < -0.39 is 0 Å². The Morgan fingerprint density at radius 1 is 1.32 bits per heavy atom. The first-order chi connectivity index (χ1) is 10.6. The lowest BCUT2D eigenvalue weighted by atomic mass is 10.1. The summed E-state index contributed by atoms with van der Waals surface area (Å²) in [5, 5.41) is 6.19. The van der Waals surface area contributed by atoms with Gasteiger partial charge in [0, 0.05) is 23.5 Å². The van der Waals surface area contributed by atoms with E-state index in [1.165, 1.54) is 6.07 Å². The van der Waals surface area contributed by atoms with Crippen molar-refractivity contribution in [2.45, 2.75) is 26.7 Å². The quantitative estimate of drug-likeness (QED) is 0.645. The summed E-state index contributed by atoms with van der Waals surface area (Å²) in [7, 11) is 0. The van der Waals surface area contributed by atoms with Crippen LogP contribution in [0.15, 0.2) is 55.9 Å². The monoisotopic (exact) mass is 383 g/mol. The summed E-state index contributed by atoms with van der Waals surface area (Å²) in [5.41, 5.74) is 1.30. The van der Waals surface area contributed by atoms with Gasteiger partial charge in [-0.05, 0) is 17.7 Å². The second-order valence-electron chi connectivity index (χ2n) is 4.38. The Balaban J connectivity index is 0.000000847. The zero-order chi connectivity index (χ0) is 16.1. The number of halogens is 3. The molecule has 22 heavy (non-hydrogen) atoms. The van der Waals surface area contributed by atoms with Crippen LogP contribution in [0.4, 0.5) is 4.39 Å². The van der Waals surface area contributed by atoms with Gasteiger partial charge in [-0.25, -0.2) is 14.4 Å². The molecule has 2 heterocycles. The maximum atomic E-state index is 13.7. The molecule has 0 aromatic heterocycles. The van der Waals surface area contributed by atoms with E-state index in [-0.39, 0.29) is 5.82 Å². The van der Waals surface area contributed by atoms with Crippen molar-refractivity contribution in [1.29, 1.82) is 0 Å². The highest BCUT2D eigenvalue weighted by molar-refractivity contribution is 9.11. The van der Waals surface area contributed by atoms with Crippen LogP contribution in [0.3, 0.4) is 0 Å². The van der Waals surface area contributed by atoms with Gasteiger partial charge in [-0.2, -0.15) is 5.10 Å². The van der Waals surface area contributed by atoms with E-state index in [1.54, 1.807) is 35.5 Å². The highest BCUT2D eigenvalue weighted by atomic mass is 79.9. The molecule has 1 aromatic rings. The molecule has 0 saturated heterocycles. The highest BCUT2D eigenvalue weighted by Gasteiger charge is 2.23. The summed E-state index contributed by atoms with van der Waals surface area (Å²) in [6, 6.07) is 6.66. The average molecular weight is 385 g/mol. The van der Waals surface area contributed by atoms with Gasteiger partial charge in [-0.15, -0.1) is 0 Å². The fourth-order valence-electron chi connectivity index (χ4n) is 2.02. The molecule has 0 unspecified atom stereocenters. The van der Waals surface area contributed by atoms with Gasteiger partial charge in [-0.3, -0.25) is 0 Å². The van der Waals surface area contributed by atoms with Gasteiger partial charge >= 0.3 is 0 Å². The highest BCUT2D eigenvalue weighted by Crippen LogP contribution is 2.32. The van der Waals surface area contributed by atoms with Crippen LogP contribution >= 0.6 is 27.5 Å². The minimum Gasteiger partial charge on any atom is -0.232 e. The van der Waals surface area contributed by atoms with Crippen LogP contribution in [-0.2, 0) is 6.42 Å². The molecule has 116 valence electrons. The fraction of sp³-hybridized carbons (Fsp3) is 0.250. The minimum atomic E-state index is -0.239. The number of allylic oxidation sites excluding steroid dienone is 2. The third-order valence-electron chi connectivity index (χ3n) is 2.98. The Morgan fingerprint density at radius 2 is 2.05 bits per heavy atom. The van der Waals surface area contributed by atoms with E-state index >= 15 is 0 Å². The molecular formula is C16H16BrClFN3. The van der Waals surface area contributed by atoms with Crippen LogP contribution in [-0.4, -0.2) is 16.9 Å². The first kappa shape index (κ1) is 16.9. The summed E-state index contributed by atoms with van der Waals surface area (Å²) in [4.78, 5) is 4.51. The standard InChI is InChI=1S/C14H10BrClFN3.C2H6/c15-11-5-6-18-20-13(16)8-10(19-14(11)20)7-9-3-1-2-4-12(9)17;1-2/h1-4,6,8H,5,7H2;1-2H3. The SMILES string of the molecule is CC.Fc1ccccc1CC1=NC2=C(Br)CC=NN2C(Cl)=C1. The second-order valence-corrected chi connectivity index (χ2v) is 5.73. The van der Waals surface area contributed by atoms with Crippen molar-refractivity contribution < 1.29 is 4.39 Å². The Kier molecular flexibility index (Phi) is 5.91. The topological polar surface area (TPSA) is 28.0 Å². The van der Waals surface area contributed by atoms with Gasteiger partial charge in [0.15, 0.2) is 5.82 Å². The van der Waals surface area contributed by atoms with Crippen LogP contribution < -0.4 is 0 Å². The molecule has 2 aliphatic rings. The zero-order valence-corrected chi connectivity index (χ0v) is 14.7. The predicted octanol–water partition coefficient (Wildman–Crippen LogP) is 5.18. The Morgan fingerprint density at radius 3 is 2.77 bits per heavy atom. The summed E-state index contributed by atoms with van der Waals surface area (Å²) < 4.78 is 14.6. The molecule has 3 rings (SSSR count). The van der Waals surface area contributed by atoms with Crippen LogP contribution in [0.2, 0.25) is 0 Å². The number of fused-ring (bicyclic) bond motifs is 1. The fourth-order valence-corrected chi connectivity index (χ4v) is 2.67. The van der Waals surface area contributed by atoms with E-state index in [0.717, 1.165) is 4.48 Å². The molecule has 6 heteroatoms. The van der Waals surface area contributed by atoms with Crippen LogP contribution in [0.5, 0.6) is 0 Å². The zero-order valence-electron chi connectivity index (χ0n) is 12.4. The van der Waals surface area contributed by atoms with Crippen molar-refractivity contribution in [2.75, 3.05) is 0 Å². The summed E-state index contributed by atoms with van der Waals surface area (Å²) >= 11 is 9.66. The summed E-state index contributed by atoms with van der Waals surface area (Å²) in [5.74, 6) is 0.420. The molecule has 0 aliphatic carbocycles. The van der Waals surface area contributed by atoms with Crippen molar-refractivity contribution in [3.63, 3.8) is 0 Å². The third-order valence-corrected chi connectivity index (χ3v) is 3.93. The van der Waals surface area contributed by atoms with Crippen LogP contribution in [0, 0.1) is 5.82 Å². The maximum absolute atomic E-state index is 13.7. The molecule has 0 amide bonds. The van der Waals surface area contributed by atoms with Gasteiger partial charge in [0.1, 0.15) is 11.0 Å². The molecule has 0 bridgehead atoms. The number of hydrogen-bond donors (Lipinski definition) is 0. The van der Waals surface area contributed by atoms with Gasteiger partial charge in [-0.1, -0.05) is 59.6 Å². The third kappa shape index (κ3) is 3.65. The lowest BCUT2D eigenvalue weighted by Gasteiger charge is -2.26. The molecule has 0 atom stereocenters. The Bertz CT molecular complexity index is 680. The second kappa shape index (κ2) is 7.70. The number of hydrogen-bond acceptors (Lipinski definition) is 3. The van der Waals surface area contributed by atoms with Crippen LogP contribution in [0.1, 0.15) is 25.8 Å². The Hall–Kier alpha value is -1.46. The molecule has 1 aromatic carbocycles.